The van der Waals surface area contributed by atoms with Gasteiger partial charge in [0.25, 0.3) is 5.22 Å². The van der Waals surface area contributed by atoms with Crippen LogP contribution in [0.2, 0.25) is 0 Å². The highest BCUT2D eigenvalue weighted by Crippen LogP contribution is 2.40. The normalized spacial score (nSPS) is 12.6. The molecule has 0 N–H and O–H groups in total. The van der Waals surface area contributed by atoms with Gasteiger partial charge in [0.2, 0.25) is 5.78 Å². The number of oxazole rings is 1. The van der Waals surface area contributed by atoms with Crippen molar-refractivity contribution in [2.45, 2.75) is 5.22 Å². The van der Waals surface area contributed by atoms with Gasteiger partial charge in [-0.2, -0.15) is 5.26 Å². The molecule has 156 valence electrons. The third kappa shape index (κ3) is 3.98. The number of esters is 1. The Balaban J connectivity index is 1.39. The number of ether oxygens (including phenoxy) is 1. The molecule has 0 bridgehead atoms. The molecule has 0 spiro atoms. The Kier molecular flexibility index (Phi) is 5.64. The van der Waals surface area contributed by atoms with Gasteiger partial charge in [0, 0.05) is 14.1 Å². The van der Waals surface area contributed by atoms with Crippen LogP contribution >= 0.6 is 11.8 Å². The molecule has 4 rings (SSSR count). The van der Waals surface area contributed by atoms with Crippen molar-refractivity contribution in [3.63, 3.8) is 0 Å². The van der Waals surface area contributed by atoms with E-state index in [1.54, 1.807) is 30.0 Å². The molecule has 1 aliphatic rings. The molecule has 0 aliphatic carbocycles. The minimum Gasteiger partial charge on any atom is -0.457 e. The fourth-order valence-electron chi connectivity index (χ4n) is 3.35. The van der Waals surface area contributed by atoms with Crippen molar-refractivity contribution in [3.05, 3.63) is 59.9 Å². The first-order valence-electron chi connectivity index (χ1n) is 9.37. The van der Waals surface area contributed by atoms with Crippen LogP contribution in [-0.2, 0) is 14.3 Å². The van der Waals surface area contributed by atoms with Crippen molar-refractivity contribution >= 4 is 46.0 Å². The first kappa shape index (κ1) is 20.5. The van der Waals surface area contributed by atoms with E-state index < -0.39 is 18.4 Å². The number of Topliss-reactive ketones (excluding diaryl/α,β-unsaturated/α-hetero) is 1. The number of benzene rings is 2. The molecule has 31 heavy (non-hydrogen) atoms. The number of anilines is 2. The zero-order valence-electron chi connectivity index (χ0n) is 16.9. The van der Waals surface area contributed by atoms with Crippen molar-refractivity contribution in [1.29, 1.82) is 5.26 Å². The fraction of sp³-hybridized carbons (Fsp3) is 0.182. The van der Waals surface area contributed by atoms with Crippen LogP contribution < -0.4 is 9.80 Å². The lowest BCUT2D eigenvalue weighted by Gasteiger charge is -2.19. The van der Waals surface area contributed by atoms with E-state index in [9.17, 15) is 14.9 Å². The number of para-hydroxylation sites is 4. The maximum Gasteiger partial charge on any atom is 0.316 e. The topological polar surface area (TPSA) is 99.7 Å². The number of ketones is 1. The van der Waals surface area contributed by atoms with E-state index in [0.717, 1.165) is 23.1 Å². The first-order chi connectivity index (χ1) is 15.0. The van der Waals surface area contributed by atoms with Gasteiger partial charge in [-0.25, -0.2) is 4.98 Å². The van der Waals surface area contributed by atoms with Crippen LogP contribution in [0.1, 0.15) is 0 Å². The van der Waals surface area contributed by atoms with Gasteiger partial charge in [0.1, 0.15) is 28.7 Å². The molecule has 2 heterocycles. The summed E-state index contributed by atoms with van der Waals surface area (Å²) in [6.07, 6.45) is 0. The predicted octanol–water partition coefficient (Wildman–Crippen LogP) is 3.35. The third-order valence-corrected chi connectivity index (χ3v) is 5.61. The summed E-state index contributed by atoms with van der Waals surface area (Å²) in [6.45, 7) is -0.516. The van der Waals surface area contributed by atoms with Crippen molar-refractivity contribution < 1.29 is 18.7 Å². The molecule has 0 atom stereocenters. The molecule has 9 heteroatoms. The number of rotatable bonds is 6. The zero-order valence-corrected chi connectivity index (χ0v) is 17.7. The molecule has 0 saturated carbocycles. The molecule has 0 saturated heterocycles. The average Bonchev–Trinajstić information content (AvgIpc) is 3.31. The molecular weight excluding hydrogens is 416 g/mol. The van der Waals surface area contributed by atoms with E-state index in [4.69, 9.17) is 9.15 Å². The second kappa shape index (κ2) is 8.53. The van der Waals surface area contributed by atoms with Gasteiger partial charge in [0.15, 0.2) is 12.2 Å². The van der Waals surface area contributed by atoms with Crippen molar-refractivity contribution in [1.82, 2.24) is 4.98 Å². The highest BCUT2D eigenvalue weighted by Gasteiger charge is 2.31. The summed E-state index contributed by atoms with van der Waals surface area (Å²) >= 11 is 1.08. The molecule has 3 aromatic rings. The first-order valence-corrected chi connectivity index (χ1v) is 10.4. The lowest BCUT2D eigenvalue weighted by Crippen LogP contribution is -2.28. The number of thioether (sulfide) groups is 1. The minimum atomic E-state index is -0.598. The van der Waals surface area contributed by atoms with E-state index in [0.29, 0.717) is 22.1 Å². The average molecular weight is 434 g/mol. The standard InChI is InChI=1S/C22H18N4O4S/c1-25-16-8-4-5-9-17(16)26(2)21(25)14(11-23)18(27)12-29-20(28)13-31-22-24-15-7-3-6-10-19(15)30-22/h3-10H,12-13H2,1-2H3. The van der Waals surface area contributed by atoms with Gasteiger partial charge in [0.05, 0.1) is 11.4 Å². The smallest absolute Gasteiger partial charge is 0.316 e. The Morgan fingerprint density at radius 1 is 1.10 bits per heavy atom. The second-order valence-electron chi connectivity index (χ2n) is 6.74. The van der Waals surface area contributed by atoms with Gasteiger partial charge < -0.3 is 19.0 Å². The van der Waals surface area contributed by atoms with E-state index in [-0.39, 0.29) is 11.3 Å². The monoisotopic (exact) mass is 434 g/mol. The summed E-state index contributed by atoms with van der Waals surface area (Å²) in [5.74, 6) is -0.779. The quantitative estimate of drug-likeness (QED) is 0.250. The maximum atomic E-state index is 12.7. The van der Waals surface area contributed by atoms with Gasteiger partial charge in [-0.3, -0.25) is 9.59 Å². The molecule has 1 aliphatic heterocycles. The van der Waals surface area contributed by atoms with Crippen LogP contribution in [0.15, 0.2) is 69.6 Å². The van der Waals surface area contributed by atoms with E-state index >= 15 is 0 Å². The molecular formula is C22H18N4O4S. The minimum absolute atomic E-state index is 0.0657. The van der Waals surface area contributed by atoms with Gasteiger partial charge in [-0.1, -0.05) is 36.0 Å². The third-order valence-electron chi connectivity index (χ3n) is 4.81. The fourth-order valence-corrected chi connectivity index (χ4v) is 3.99. The predicted molar refractivity (Wildman–Crippen MR) is 117 cm³/mol. The Morgan fingerprint density at radius 2 is 1.74 bits per heavy atom. The van der Waals surface area contributed by atoms with Gasteiger partial charge in [-0.15, -0.1) is 0 Å². The van der Waals surface area contributed by atoms with Gasteiger partial charge >= 0.3 is 5.97 Å². The number of nitriles is 1. The maximum absolute atomic E-state index is 12.7. The zero-order chi connectivity index (χ0) is 22.0. The van der Waals surface area contributed by atoms with Crippen LogP contribution in [-0.4, -0.2) is 43.2 Å². The molecule has 2 aromatic carbocycles. The van der Waals surface area contributed by atoms with E-state index in [1.165, 1.54) is 0 Å². The summed E-state index contributed by atoms with van der Waals surface area (Å²) in [4.78, 5) is 32.6. The van der Waals surface area contributed by atoms with Crippen molar-refractivity contribution in [2.75, 3.05) is 36.3 Å². The number of carbonyl (C=O) groups is 2. The van der Waals surface area contributed by atoms with Crippen LogP contribution in [0.25, 0.3) is 11.1 Å². The van der Waals surface area contributed by atoms with E-state index in [2.05, 4.69) is 4.98 Å². The Labute approximate surface area is 182 Å². The highest BCUT2D eigenvalue weighted by atomic mass is 32.2. The molecule has 0 amide bonds. The number of hydrogen-bond acceptors (Lipinski definition) is 9. The summed E-state index contributed by atoms with van der Waals surface area (Å²) in [5, 5.41) is 9.95. The molecule has 8 nitrogen and oxygen atoms in total. The number of fused-ring (bicyclic) bond motifs is 2. The molecule has 0 fully saturated rings. The number of hydrogen-bond donors (Lipinski definition) is 0. The van der Waals surface area contributed by atoms with Crippen LogP contribution in [0.3, 0.4) is 0 Å². The molecule has 0 radical (unpaired) electrons. The van der Waals surface area contributed by atoms with Crippen LogP contribution in [0, 0.1) is 11.3 Å². The summed E-state index contributed by atoms with van der Waals surface area (Å²) in [6, 6.07) is 16.8. The Bertz CT molecular complexity index is 1180. The molecule has 1 aromatic heterocycles. The largest absolute Gasteiger partial charge is 0.457 e. The number of nitrogens with zero attached hydrogens (tertiary/aromatic N) is 4. The Hall–Kier alpha value is -3.77. The number of carbonyl (C=O) groups excluding carboxylic acids is 2. The second-order valence-corrected chi connectivity index (χ2v) is 7.66. The number of aromatic nitrogens is 1. The van der Waals surface area contributed by atoms with Crippen molar-refractivity contribution in [3.8, 4) is 6.07 Å². The van der Waals surface area contributed by atoms with Crippen LogP contribution in [0.5, 0.6) is 0 Å². The lowest BCUT2D eigenvalue weighted by molar-refractivity contribution is -0.144. The summed E-state index contributed by atoms with van der Waals surface area (Å²) < 4.78 is 10.6. The SMILES string of the molecule is CN1C(=C(C#N)C(=O)COC(=O)CSc2nc3ccccc3o2)N(C)c2ccccc21. The van der Waals surface area contributed by atoms with E-state index in [1.807, 2.05) is 48.5 Å². The van der Waals surface area contributed by atoms with Crippen LogP contribution in [0.4, 0.5) is 11.4 Å². The lowest BCUT2D eigenvalue weighted by atomic mass is 10.2. The summed E-state index contributed by atoms with van der Waals surface area (Å²) in [5.41, 5.74) is 3.02. The highest BCUT2D eigenvalue weighted by molar-refractivity contribution is 7.99. The Morgan fingerprint density at radius 3 is 2.39 bits per heavy atom. The summed E-state index contributed by atoms with van der Waals surface area (Å²) in [7, 11) is 3.57. The van der Waals surface area contributed by atoms with Gasteiger partial charge in [-0.05, 0) is 24.3 Å². The molecule has 0 unspecified atom stereocenters. The van der Waals surface area contributed by atoms with Crippen molar-refractivity contribution in [2.24, 2.45) is 0 Å².